The van der Waals surface area contributed by atoms with E-state index in [1.54, 1.807) is 24.4 Å². The normalized spacial score (nSPS) is 11.7. The molecule has 3 aromatic heterocycles. The first kappa shape index (κ1) is 26.2. The van der Waals surface area contributed by atoms with E-state index in [1.165, 1.54) is 38.4 Å². The minimum Gasteiger partial charge on any atom is -0.455 e. The smallest absolute Gasteiger partial charge is 0.255 e. The third kappa shape index (κ3) is 4.70. The van der Waals surface area contributed by atoms with E-state index < -0.39 is 21.7 Å². The van der Waals surface area contributed by atoms with Crippen molar-refractivity contribution in [3.63, 3.8) is 0 Å². The first-order valence-corrected chi connectivity index (χ1v) is 14.4. The Morgan fingerprint density at radius 1 is 1.05 bits per heavy atom. The van der Waals surface area contributed by atoms with Gasteiger partial charge in [0.2, 0.25) is 10.0 Å². The highest BCUT2D eigenvalue weighted by Gasteiger charge is 2.26. The van der Waals surface area contributed by atoms with Crippen molar-refractivity contribution in [3.8, 4) is 34.1 Å². The summed E-state index contributed by atoms with van der Waals surface area (Å²) >= 11 is 0. The molecule has 0 bridgehead atoms. The molecule has 1 amide bonds. The predicted molar refractivity (Wildman–Crippen MR) is 157 cm³/mol. The zero-order valence-electron chi connectivity index (χ0n) is 22.3. The summed E-state index contributed by atoms with van der Waals surface area (Å²) in [6, 6.07) is 20.2. The van der Waals surface area contributed by atoms with Crippen LogP contribution in [0.3, 0.4) is 0 Å². The Bertz CT molecular complexity index is 2030. The molecule has 2 N–H and O–H groups in total. The highest BCUT2D eigenvalue weighted by molar-refractivity contribution is 7.92. The number of nitrogens with one attached hydrogen (secondary N) is 2. The Morgan fingerprint density at radius 2 is 1.80 bits per heavy atom. The van der Waals surface area contributed by atoms with E-state index in [1.807, 2.05) is 30.3 Å². The number of sulfonamides is 1. The van der Waals surface area contributed by atoms with E-state index in [9.17, 15) is 17.6 Å². The summed E-state index contributed by atoms with van der Waals surface area (Å²) in [5.74, 6) is -0.205. The molecule has 0 saturated carbocycles. The third-order valence-electron chi connectivity index (χ3n) is 6.91. The number of para-hydroxylation sites is 1. The summed E-state index contributed by atoms with van der Waals surface area (Å²) in [5, 5.41) is 4.07. The van der Waals surface area contributed by atoms with Crippen LogP contribution in [-0.2, 0) is 10.0 Å². The molecule has 0 radical (unpaired) electrons. The zero-order chi connectivity index (χ0) is 28.9. The highest BCUT2D eigenvalue weighted by Crippen LogP contribution is 2.41. The Kier molecular flexibility index (Phi) is 6.30. The molecule has 206 valence electrons. The number of H-pyrrole nitrogens is 1. The molecular formula is C30H24FN5O4S. The van der Waals surface area contributed by atoms with Gasteiger partial charge in [0.05, 0.1) is 28.9 Å². The van der Waals surface area contributed by atoms with Gasteiger partial charge in [-0.3, -0.25) is 9.10 Å². The second-order valence-electron chi connectivity index (χ2n) is 9.52. The van der Waals surface area contributed by atoms with Gasteiger partial charge in [-0.25, -0.2) is 22.8 Å². The summed E-state index contributed by atoms with van der Waals surface area (Å²) in [6.45, 7) is 0. The van der Waals surface area contributed by atoms with Crippen molar-refractivity contribution in [1.82, 2.24) is 20.3 Å². The number of carbonyl (C=O) groups is 1. The number of halogens is 1. The van der Waals surface area contributed by atoms with Crippen LogP contribution in [-0.4, -0.2) is 49.6 Å². The Hall–Kier alpha value is -5.03. The molecule has 11 heteroatoms. The molecule has 41 heavy (non-hydrogen) atoms. The lowest BCUT2D eigenvalue weighted by atomic mass is 10.0. The Balaban J connectivity index is 1.61. The van der Waals surface area contributed by atoms with Crippen LogP contribution in [0, 0.1) is 5.82 Å². The van der Waals surface area contributed by atoms with Crippen LogP contribution in [0.15, 0.2) is 83.4 Å². The molecule has 0 unspecified atom stereocenters. The number of hydrogen-bond acceptors (Lipinski definition) is 6. The van der Waals surface area contributed by atoms with Gasteiger partial charge in [-0.05, 0) is 48.5 Å². The lowest BCUT2D eigenvalue weighted by molar-refractivity contribution is 0.0964. The van der Waals surface area contributed by atoms with Crippen molar-refractivity contribution < 1.29 is 22.0 Å². The van der Waals surface area contributed by atoms with Gasteiger partial charge in [0, 0.05) is 53.8 Å². The van der Waals surface area contributed by atoms with Crippen molar-refractivity contribution in [1.29, 1.82) is 0 Å². The van der Waals surface area contributed by atoms with Gasteiger partial charge >= 0.3 is 0 Å². The Labute approximate surface area is 234 Å². The molecule has 0 saturated heterocycles. The van der Waals surface area contributed by atoms with E-state index in [0.717, 1.165) is 21.5 Å². The van der Waals surface area contributed by atoms with E-state index in [2.05, 4.69) is 15.3 Å². The number of aromatic nitrogens is 3. The SMILES string of the molecule is CNC(=O)c1c(-c2ccc(F)cc2)oc2cc(N(C)S(C)(=O)=O)c(-c3ccnc(-c4cc5ccccc5[nH]4)n3)cc12. The van der Waals surface area contributed by atoms with E-state index in [4.69, 9.17) is 9.40 Å². The van der Waals surface area contributed by atoms with Crippen molar-refractivity contribution in [2.45, 2.75) is 0 Å². The second-order valence-corrected chi connectivity index (χ2v) is 11.5. The summed E-state index contributed by atoms with van der Waals surface area (Å²) in [5.41, 5.74) is 3.80. The fraction of sp³-hybridized carbons (Fsp3) is 0.100. The average Bonchev–Trinajstić information content (AvgIpc) is 3.57. The first-order valence-electron chi connectivity index (χ1n) is 12.6. The van der Waals surface area contributed by atoms with Gasteiger partial charge < -0.3 is 14.7 Å². The van der Waals surface area contributed by atoms with Crippen LogP contribution >= 0.6 is 0 Å². The van der Waals surface area contributed by atoms with Crippen LogP contribution in [0.25, 0.3) is 56.0 Å². The molecule has 6 aromatic rings. The summed E-state index contributed by atoms with van der Waals surface area (Å²) < 4.78 is 46.3. The van der Waals surface area contributed by atoms with Crippen LogP contribution in [0.4, 0.5) is 10.1 Å². The molecule has 3 aromatic carbocycles. The number of aromatic amines is 1. The van der Waals surface area contributed by atoms with Crippen LogP contribution in [0.1, 0.15) is 10.4 Å². The van der Waals surface area contributed by atoms with Crippen molar-refractivity contribution in [2.24, 2.45) is 0 Å². The maximum atomic E-state index is 13.7. The van der Waals surface area contributed by atoms with Crippen molar-refractivity contribution in [3.05, 3.63) is 90.4 Å². The van der Waals surface area contributed by atoms with Crippen molar-refractivity contribution >= 4 is 43.5 Å². The van der Waals surface area contributed by atoms with Crippen LogP contribution < -0.4 is 9.62 Å². The molecule has 0 aliphatic rings. The summed E-state index contributed by atoms with van der Waals surface area (Å²) in [4.78, 5) is 25.6. The number of rotatable bonds is 6. The molecule has 6 rings (SSSR count). The van der Waals surface area contributed by atoms with Gasteiger partial charge in [-0.1, -0.05) is 18.2 Å². The highest BCUT2D eigenvalue weighted by atomic mass is 32.2. The van der Waals surface area contributed by atoms with Crippen molar-refractivity contribution in [2.75, 3.05) is 24.7 Å². The monoisotopic (exact) mass is 569 g/mol. The molecule has 0 aliphatic carbocycles. The van der Waals surface area contributed by atoms with E-state index in [-0.39, 0.29) is 16.9 Å². The number of fused-ring (bicyclic) bond motifs is 2. The minimum absolute atomic E-state index is 0.228. The zero-order valence-corrected chi connectivity index (χ0v) is 23.1. The second kappa shape index (κ2) is 9.86. The van der Waals surface area contributed by atoms with Gasteiger partial charge in [-0.2, -0.15) is 0 Å². The van der Waals surface area contributed by atoms with Gasteiger partial charge in [0.25, 0.3) is 5.91 Å². The van der Waals surface area contributed by atoms with Gasteiger partial charge in [-0.15, -0.1) is 0 Å². The maximum absolute atomic E-state index is 13.7. The molecular weight excluding hydrogens is 545 g/mol. The summed E-state index contributed by atoms with van der Waals surface area (Å²) in [6.07, 6.45) is 2.69. The first-order chi connectivity index (χ1) is 19.6. The standard InChI is InChI=1S/C30H24FN5O4S/c1-32-30(37)27-21-15-20(23-12-13-33-29(35-23)24-14-18-6-4-5-7-22(18)34-24)25(36(2)41(3,38)39)16-26(21)40-28(27)17-8-10-19(31)11-9-17/h4-16,34H,1-3H3,(H,32,37). The lowest BCUT2D eigenvalue weighted by Gasteiger charge is -2.20. The molecule has 3 heterocycles. The molecule has 0 fully saturated rings. The molecule has 9 nitrogen and oxygen atoms in total. The quantitative estimate of drug-likeness (QED) is 0.269. The lowest BCUT2D eigenvalue weighted by Crippen LogP contribution is -2.25. The predicted octanol–water partition coefficient (Wildman–Crippen LogP) is 5.60. The van der Waals surface area contributed by atoms with E-state index >= 15 is 0 Å². The molecule has 0 aliphatic heterocycles. The average molecular weight is 570 g/mol. The summed E-state index contributed by atoms with van der Waals surface area (Å²) in [7, 11) is -0.762. The number of benzene rings is 3. The maximum Gasteiger partial charge on any atom is 0.255 e. The van der Waals surface area contributed by atoms with Gasteiger partial charge in [0.1, 0.15) is 17.2 Å². The number of anilines is 1. The number of furan rings is 1. The fourth-order valence-corrected chi connectivity index (χ4v) is 5.27. The van der Waals surface area contributed by atoms with Gasteiger partial charge in [0.15, 0.2) is 5.82 Å². The number of nitrogens with zero attached hydrogens (tertiary/aromatic N) is 3. The third-order valence-corrected chi connectivity index (χ3v) is 8.10. The largest absolute Gasteiger partial charge is 0.455 e. The molecule has 0 spiro atoms. The molecule has 0 atom stereocenters. The topological polar surface area (TPSA) is 121 Å². The number of hydrogen-bond donors (Lipinski definition) is 2. The number of amides is 1. The number of carbonyl (C=O) groups excluding carboxylic acids is 1. The van der Waals surface area contributed by atoms with Crippen LogP contribution in [0.2, 0.25) is 0 Å². The minimum atomic E-state index is -3.69. The van der Waals surface area contributed by atoms with E-state index in [0.29, 0.717) is 39.4 Å². The van der Waals surface area contributed by atoms with Crippen LogP contribution in [0.5, 0.6) is 0 Å². The Morgan fingerprint density at radius 3 is 2.51 bits per heavy atom. The fourth-order valence-electron chi connectivity index (χ4n) is 4.76.